The van der Waals surface area contributed by atoms with Gasteiger partial charge in [-0.3, -0.25) is 19.4 Å². The number of carbonyl (C=O) groups is 4. The normalized spacial score (nSPS) is 24.1. The van der Waals surface area contributed by atoms with Crippen molar-refractivity contribution in [1.29, 1.82) is 0 Å². The average Bonchev–Trinajstić information content (AvgIpc) is 3.42. The SMILES string of the molecule is CC.CCC(=O)C1CCC(NC(=O)CCCOC2CCC(OCCNC)CC2)CC1.CN1CC(C=O)CC1=O.c1ccncc1. The third kappa shape index (κ3) is 18.1. The molecule has 2 amide bonds. The van der Waals surface area contributed by atoms with Crippen LogP contribution in [0.2, 0.25) is 0 Å². The lowest BCUT2D eigenvalue weighted by Gasteiger charge is -2.29. The van der Waals surface area contributed by atoms with E-state index in [1.54, 1.807) is 24.3 Å². The van der Waals surface area contributed by atoms with E-state index in [9.17, 15) is 19.2 Å². The number of carbonyl (C=O) groups excluding carboxylic acids is 4. The Kier molecular flexibility index (Phi) is 22.9. The average molecular weight is 633 g/mol. The molecule has 1 unspecified atom stereocenters. The molecule has 0 spiro atoms. The standard InChI is InChI=1S/C22H40N2O4.C6H9NO2.C5H5N.C2H6/c1-3-21(25)17-6-8-18(9-7-17)24-22(26)5-4-15-27-19-10-12-20(13-11-19)28-16-14-23-2;1-7-3-5(4-8)2-6(7)9;1-2-4-6-5-3-1;1-2/h17-20,23H,3-16H2,1-2H3,(H,24,26);4-5H,2-3H2,1H3;1-5H;1-2H3. The molecule has 1 saturated heterocycles. The van der Waals surface area contributed by atoms with E-state index in [2.05, 4.69) is 15.6 Å². The highest BCUT2D eigenvalue weighted by atomic mass is 16.5. The highest BCUT2D eigenvalue weighted by molar-refractivity contribution is 5.82. The Balaban J connectivity index is 0.000000480. The van der Waals surface area contributed by atoms with Gasteiger partial charge in [0.15, 0.2) is 0 Å². The quantitative estimate of drug-likeness (QED) is 0.236. The van der Waals surface area contributed by atoms with Crippen molar-refractivity contribution < 1.29 is 28.7 Å². The van der Waals surface area contributed by atoms with Gasteiger partial charge < -0.3 is 29.8 Å². The monoisotopic (exact) mass is 632 g/mol. The van der Waals surface area contributed by atoms with Gasteiger partial charge in [0, 0.05) is 76.3 Å². The zero-order chi connectivity index (χ0) is 33.3. The minimum Gasteiger partial charge on any atom is -0.378 e. The summed E-state index contributed by atoms with van der Waals surface area (Å²) in [6.45, 7) is 8.86. The van der Waals surface area contributed by atoms with Gasteiger partial charge in [0.1, 0.15) is 12.1 Å². The summed E-state index contributed by atoms with van der Waals surface area (Å²) in [6.07, 6.45) is 15.3. The lowest BCUT2D eigenvalue weighted by Crippen LogP contribution is -2.38. The van der Waals surface area contributed by atoms with Crippen LogP contribution in [0, 0.1) is 11.8 Å². The molecule has 2 aliphatic carbocycles. The maximum absolute atomic E-state index is 12.1. The van der Waals surface area contributed by atoms with Crippen LogP contribution in [-0.2, 0) is 28.7 Å². The third-order valence-corrected chi connectivity index (χ3v) is 8.25. The molecule has 1 atom stereocenters. The van der Waals surface area contributed by atoms with Crippen molar-refractivity contribution in [3.8, 4) is 0 Å². The molecule has 0 bridgehead atoms. The number of nitrogens with zero attached hydrogens (tertiary/aromatic N) is 2. The fourth-order valence-electron chi connectivity index (χ4n) is 5.63. The number of hydrogen-bond acceptors (Lipinski definition) is 8. The summed E-state index contributed by atoms with van der Waals surface area (Å²) < 4.78 is 11.8. The molecule has 0 aromatic carbocycles. The smallest absolute Gasteiger partial charge is 0.223 e. The number of rotatable bonds is 13. The van der Waals surface area contributed by atoms with E-state index in [0.717, 1.165) is 77.2 Å². The van der Waals surface area contributed by atoms with Crippen molar-refractivity contribution in [3.05, 3.63) is 30.6 Å². The van der Waals surface area contributed by atoms with E-state index in [4.69, 9.17) is 9.47 Å². The Morgan fingerprint density at radius 1 is 0.956 bits per heavy atom. The van der Waals surface area contributed by atoms with Crippen LogP contribution < -0.4 is 10.6 Å². The van der Waals surface area contributed by atoms with Gasteiger partial charge in [-0.05, 0) is 77.0 Å². The third-order valence-electron chi connectivity index (χ3n) is 8.25. The summed E-state index contributed by atoms with van der Waals surface area (Å²) in [7, 11) is 3.65. The van der Waals surface area contributed by atoms with Gasteiger partial charge >= 0.3 is 0 Å². The van der Waals surface area contributed by atoms with E-state index in [1.165, 1.54) is 0 Å². The molecule has 2 N–H and O–H groups in total. The summed E-state index contributed by atoms with van der Waals surface area (Å²) >= 11 is 0. The van der Waals surface area contributed by atoms with Gasteiger partial charge in [-0.1, -0.05) is 26.8 Å². The van der Waals surface area contributed by atoms with Crippen LogP contribution in [0.1, 0.15) is 97.8 Å². The molecule has 1 aliphatic heterocycles. The van der Waals surface area contributed by atoms with Crippen LogP contribution in [0.5, 0.6) is 0 Å². The Hall–Kier alpha value is -2.69. The van der Waals surface area contributed by atoms with Gasteiger partial charge in [0.2, 0.25) is 11.8 Å². The second-order valence-corrected chi connectivity index (χ2v) is 11.7. The number of ether oxygens (including phenoxy) is 2. The summed E-state index contributed by atoms with van der Waals surface area (Å²) in [5, 5.41) is 6.24. The maximum Gasteiger partial charge on any atom is 0.223 e. The maximum atomic E-state index is 12.1. The highest BCUT2D eigenvalue weighted by Gasteiger charge is 2.27. The van der Waals surface area contributed by atoms with E-state index < -0.39 is 0 Å². The molecule has 256 valence electrons. The van der Waals surface area contributed by atoms with Crippen LogP contribution in [0.15, 0.2) is 30.6 Å². The molecule has 2 saturated carbocycles. The Bertz CT molecular complexity index is 891. The van der Waals surface area contributed by atoms with Crippen molar-refractivity contribution in [2.75, 3.05) is 40.4 Å². The van der Waals surface area contributed by atoms with E-state index in [0.29, 0.717) is 50.4 Å². The Morgan fingerprint density at radius 2 is 1.56 bits per heavy atom. The van der Waals surface area contributed by atoms with Crippen molar-refractivity contribution in [3.63, 3.8) is 0 Å². The number of pyridine rings is 1. The van der Waals surface area contributed by atoms with Crippen LogP contribution in [0.3, 0.4) is 0 Å². The Morgan fingerprint density at radius 3 is 1.98 bits per heavy atom. The molecule has 3 aliphatic rings. The van der Waals surface area contributed by atoms with E-state index in [-0.39, 0.29) is 29.7 Å². The van der Waals surface area contributed by atoms with E-state index in [1.807, 2.05) is 46.0 Å². The van der Waals surface area contributed by atoms with Gasteiger partial charge in [-0.15, -0.1) is 0 Å². The van der Waals surface area contributed by atoms with Gasteiger partial charge in [0.25, 0.3) is 0 Å². The predicted molar refractivity (Wildman–Crippen MR) is 178 cm³/mol. The lowest BCUT2D eigenvalue weighted by atomic mass is 9.83. The number of ketones is 1. The molecule has 45 heavy (non-hydrogen) atoms. The van der Waals surface area contributed by atoms with Crippen molar-refractivity contribution >= 4 is 23.9 Å². The first-order valence-electron chi connectivity index (χ1n) is 17.1. The number of aromatic nitrogens is 1. The fourth-order valence-corrected chi connectivity index (χ4v) is 5.63. The summed E-state index contributed by atoms with van der Waals surface area (Å²) in [4.78, 5) is 50.1. The van der Waals surface area contributed by atoms with Crippen LogP contribution >= 0.6 is 0 Å². The summed E-state index contributed by atoms with van der Waals surface area (Å²) in [5.41, 5.74) is 0. The number of hydrogen-bond donors (Lipinski definition) is 2. The summed E-state index contributed by atoms with van der Waals surface area (Å²) in [5.74, 6) is 0.737. The molecule has 3 fully saturated rings. The number of aldehydes is 1. The molecule has 4 rings (SSSR count). The topological polar surface area (TPSA) is 127 Å². The lowest BCUT2D eigenvalue weighted by molar-refractivity contribution is -0.127. The number of likely N-dealkylation sites (tertiary alicyclic amines) is 1. The number of nitrogens with one attached hydrogen (secondary N) is 2. The number of amides is 2. The first-order valence-corrected chi connectivity index (χ1v) is 17.1. The van der Waals surface area contributed by atoms with Gasteiger partial charge in [-0.25, -0.2) is 0 Å². The number of Topliss-reactive ketones (excluding diaryl/α,β-unsaturated/α-hetero) is 1. The van der Waals surface area contributed by atoms with E-state index >= 15 is 0 Å². The molecular weight excluding hydrogens is 572 g/mol. The molecule has 2 heterocycles. The molecule has 1 aromatic rings. The first kappa shape index (κ1) is 40.3. The van der Waals surface area contributed by atoms with Crippen molar-refractivity contribution in [2.45, 2.75) is 116 Å². The minimum absolute atomic E-state index is 0.0532. The van der Waals surface area contributed by atoms with Crippen LogP contribution in [0.4, 0.5) is 0 Å². The zero-order valence-electron chi connectivity index (χ0n) is 28.5. The largest absolute Gasteiger partial charge is 0.378 e. The molecular formula is C35H60N4O6. The molecule has 1 aromatic heterocycles. The van der Waals surface area contributed by atoms with Crippen LogP contribution in [0.25, 0.3) is 0 Å². The second-order valence-electron chi connectivity index (χ2n) is 11.7. The first-order chi connectivity index (χ1) is 21.9. The fraction of sp³-hybridized carbons (Fsp3) is 0.743. The highest BCUT2D eigenvalue weighted by Crippen LogP contribution is 2.26. The molecule has 10 nitrogen and oxygen atoms in total. The predicted octanol–water partition coefficient (Wildman–Crippen LogP) is 4.76. The number of likely N-dealkylation sites (N-methyl/N-ethyl adjacent to an activating group) is 1. The molecule has 10 heteroatoms. The molecule has 0 radical (unpaired) electrons. The van der Waals surface area contributed by atoms with Crippen molar-refractivity contribution in [2.24, 2.45) is 11.8 Å². The Labute approximate surface area is 271 Å². The zero-order valence-corrected chi connectivity index (χ0v) is 28.5. The second kappa shape index (κ2) is 25.5. The van der Waals surface area contributed by atoms with Gasteiger partial charge in [-0.2, -0.15) is 0 Å². The summed E-state index contributed by atoms with van der Waals surface area (Å²) in [6, 6.07) is 5.96. The minimum atomic E-state index is -0.0532. The van der Waals surface area contributed by atoms with Gasteiger partial charge in [0.05, 0.1) is 18.8 Å². The van der Waals surface area contributed by atoms with Crippen molar-refractivity contribution in [1.82, 2.24) is 20.5 Å². The van der Waals surface area contributed by atoms with Crippen LogP contribution in [-0.4, -0.2) is 92.4 Å².